The maximum Gasteiger partial charge on any atom is 0.237 e. The minimum Gasteiger partial charge on any atom is -0.470 e. The maximum atomic E-state index is 13.7. The Bertz CT molecular complexity index is 1040. The second-order valence-corrected chi connectivity index (χ2v) is 7.58. The number of aromatic nitrogens is 2. The summed E-state index contributed by atoms with van der Waals surface area (Å²) in [4.78, 5) is 12.2. The number of likely N-dealkylation sites (N-methyl/N-ethyl adjacent to an activating group) is 1. The number of hydrogen-bond donors (Lipinski definition) is 1. The summed E-state index contributed by atoms with van der Waals surface area (Å²) in [6.45, 7) is 3.56. The van der Waals surface area contributed by atoms with Gasteiger partial charge in [0.1, 0.15) is 11.9 Å². The number of H-pyrrole nitrogens is 1. The lowest BCUT2D eigenvalue weighted by Gasteiger charge is -2.36. The Morgan fingerprint density at radius 2 is 2.25 bits per heavy atom. The highest BCUT2D eigenvalue weighted by Crippen LogP contribution is 2.32. The monoisotopic (exact) mass is 378 g/mol. The molecule has 3 aromatic rings. The molecule has 0 bridgehead atoms. The fraction of sp³-hybridized carbons (Fsp3) is 0.318. The van der Waals surface area contributed by atoms with E-state index in [1.807, 2.05) is 18.3 Å². The fourth-order valence-electron chi connectivity index (χ4n) is 4.23. The fourth-order valence-corrected chi connectivity index (χ4v) is 4.23. The zero-order valence-electron chi connectivity index (χ0n) is 15.9. The van der Waals surface area contributed by atoms with E-state index in [0.717, 1.165) is 60.6 Å². The highest BCUT2D eigenvalue weighted by molar-refractivity contribution is 5.92. The molecule has 2 aromatic heterocycles. The van der Waals surface area contributed by atoms with E-state index in [1.165, 1.54) is 11.6 Å². The first-order valence-corrected chi connectivity index (χ1v) is 9.68. The molecule has 0 spiro atoms. The summed E-state index contributed by atoms with van der Waals surface area (Å²) in [7, 11) is 2.08. The number of nitrogens with one attached hydrogen (secondary N) is 1. The first-order chi connectivity index (χ1) is 13.7. The molecule has 1 N–H and O–H groups in total. The molecular formula is C22H23FN4O. The number of pyridine rings is 1. The van der Waals surface area contributed by atoms with Crippen molar-refractivity contribution < 1.29 is 9.13 Å². The zero-order chi connectivity index (χ0) is 19.1. The van der Waals surface area contributed by atoms with E-state index in [4.69, 9.17) is 4.74 Å². The van der Waals surface area contributed by atoms with Crippen LogP contribution in [0.1, 0.15) is 12.0 Å². The van der Waals surface area contributed by atoms with Crippen LogP contribution in [0.25, 0.3) is 16.5 Å². The second kappa shape index (κ2) is 6.95. The summed E-state index contributed by atoms with van der Waals surface area (Å²) >= 11 is 0. The molecule has 28 heavy (non-hydrogen) atoms. The Balaban J connectivity index is 1.28. The van der Waals surface area contributed by atoms with Crippen LogP contribution in [0.2, 0.25) is 0 Å². The van der Waals surface area contributed by atoms with Gasteiger partial charge in [-0.05, 0) is 42.3 Å². The van der Waals surface area contributed by atoms with Crippen LogP contribution in [0.4, 0.5) is 10.1 Å². The van der Waals surface area contributed by atoms with Gasteiger partial charge in [-0.15, -0.1) is 0 Å². The number of benzene rings is 1. The Morgan fingerprint density at radius 3 is 3.11 bits per heavy atom. The summed E-state index contributed by atoms with van der Waals surface area (Å²) in [5.74, 6) is 0.522. The molecule has 1 unspecified atom stereocenters. The van der Waals surface area contributed by atoms with E-state index < -0.39 is 0 Å². The number of fused-ring (bicyclic) bond motifs is 2. The van der Waals surface area contributed by atoms with Crippen LogP contribution in [-0.4, -0.2) is 54.2 Å². The normalized spacial score (nSPS) is 20.0. The largest absolute Gasteiger partial charge is 0.470 e. The van der Waals surface area contributed by atoms with E-state index >= 15 is 0 Å². The second-order valence-electron chi connectivity index (χ2n) is 7.58. The van der Waals surface area contributed by atoms with Crippen molar-refractivity contribution in [1.29, 1.82) is 0 Å². The Hall–Kier alpha value is -2.86. The van der Waals surface area contributed by atoms with E-state index in [1.54, 1.807) is 18.3 Å². The Morgan fingerprint density at radius 1 is 1.32 bits per heavy atom. The van der Waals surface area contributed by atoms with Gasteiger partial charge < -0.3 is 14.6 Å². The van der Waals surface area contributed by atoms with Crippen molar-refractivity contribution in [2.45, 2.75) is 12.5 Å². The van der Waals surface area contributed by atoms with Gasteiger partial charge in [0.05, 0.1) is 12.2 Å². The van der Waals surface area contributed by atoms with Crippen molar-refractivity contribution in [1.82, 2.24) is 14.9 Å². The van der Waals surface area contributed by atoms with Gasteiger partial charge in [-0.2, -0.15) is 0 Å². The third kappa shape index (κ3) is 3.14. The number of nitrogens with zero attached hydrogens (tertiary/aromatic N) is 3. The third-order valence-electron chi connectivity index (χ3n) is 5.66. The van der Waals surface area contributed by atoms with Crippen molar-refractivity contribution in [3.8, 4) is 5.88 Å². The number of hydrogen-bond acceptors (Lipinski definition) is 4. The van der Waals surface area contributed by atoms with Crippen LogP contribution in [-0.2, 0) is 0 Å². The molecule has 0 amide bonds. The molecule has 1 atom stereocenters. The van der Waals surface area contributed by atoms with Gasteiger partial charge in [0, 0.05) is 55.5 Å². The smallest absolute Gasteiger partial charge is 0.237 e. The van der Waals surface area contributed by atoms with Gasteiger partial charge in [0.15, 0.2) is 0 Å². The van der Waals surface area contributed by atoms with Crippen LogP contribution >= 0.6 is 0 Å². The molecule has 5 rings (SSSR count). The molecule has 144 valence electrons. The molecule has 2 aliphatic rings. The molecule has 1 aromatic carbocycles. The number of halogens is 1. The van der Waals surface area contributed by atoms with E-state index in [0.29, 0.717) is 0 Å². The van der Waals surface area contributed by atoms with Crippen LogP contribution < -0.4 is 9.64 Å². The molecule has 0 aliphatic carbocycles. The summed E-state index contributed by atoms with van der Waals surface area (Å²) in [6.07, 6.45) is 7.07. The summed E-state index contributed by atoms with van der Waals surface area (Å²) < 4.78 is 19.8. The number of anilines is 1. The predicted octanol–water partition coefficient (Wildman–Crippen LogP) is 3.69. The third-order valence-corrected chi connectivity index (χ3v) is 5.66. The van der Waals surface area contributed by atoms with Gasteiger partial charge in [0.25, 0.3) is 0 Å². The first kappa shape index (κ1) is 17.3. The predicted molar refractivity (Wildman–Crippen MR) is 109 cm³/mol. The quantitative estimate of drug-likeness (QED) is 0.755. The minimum atomic E-state index is -0.196. The van der Waals surface area contributed by atoms with Crippen LogP contribution in [0.15, 0.2) is 48.8 Å². The van der Waals surface area contributed by atoms with Gasteiger partial charge in [-0.25, -0.2) is 9.37 Å². The van der Waals surface area contributed by atoms with E-state index in [9.17, 15) is 4.39 Å². The Kier molecular flexibility index (Phi) is 4.28. The summed E-state index contributed by atoms with van der Waals surface area (Å²) in [6, 6.07) is 8.88. The van der Waals surface area contributed by atoms with Crippen molar-refractivity contribution >= 4 is 22.2 Å². The van der Waals surface area contributed by atoms with Gasteiger partial charge in [-0.1, -0.05) is 6.08 Å². The maximum absolute atomic E-state index is 13.7. The molecule has 6 heteroatoms. The van der Waals surface area contributed by atoms with Crippen LogP contribution in [0.3, 0.4) is 0 Å². The van der Waals surface area contributed by atoms with Gasteiger partial charge in [-0.3, -0.25) is 4.90 Å². The molecule has 4 heterocycles. The SMILES string of the molecule is CN1CC(CN2CC=C(c3c[nH]c4ccc(F)cc34)CC2)Oc2ncccc21. The average molecular weight is 378 g/mol. The van der Waals surface area contributed by atoms with Gasteiger partial charge >= 0.3 is 0 Å². The summed E-state index contributed by atoms with van der Waals surface area (Å²) in [5.41, 5.74) is 4.42. The molecule has 0 saturated heterocycles. The summed E-state index contributed by atoms with van der Waals surface area (Å²) in [5, 5.41) is 0.958. The topological polar surface area (TPSA) is 44.4 Å². The Labute approximate surface area is 163 Å². The molecule has 5 nitrogen and oxygen atoms in total. The lowest BCUT2D eigenvalue weighted by Crippen LogP contribution is -2.46. The molecule has 0 fully saturated rings. The first-order valence-electron chi connectivity index (χ1n) is 9.68. The number of rotatable bonds is 3. The number of ether oxygens (including phenoxy) is 1. The zero-order valence-corrected chi connectivity index (χ0v) is 15.9. The number of aromatic amines is 1. The molecular weight excluding hydrogens is 355 g/mol. The van der Waals surface area contributed by atoms with E-state index in [2.05, 4.69) is 32.9 Å². The molecule has 0 radical (unpaired) electrons. The highest BCUT2D eigenvalue weighted by atomic mass is 19.1. The molecule has 0 saturated carbocycles. The van der Waals surface area contributed by atoms with Crippen molar-refractivity contribution in [3.05, 3.63) is 60.2 Å². The van der Waals surface area contributed by atoms with Gasteiger partial charge in [0.2, 0.25) is 5.88 Å². The van der Waals surface area contributed by atoms with Crippen LogP contribution in [0, 0.1) is 5.82 Å². The van der Waals surface area contributed by atoms with Crippen LogP contribution in [0.5, 0.6) is 5.88 Å². The standard InChI is InChI=1S/C22H23FN4O/c1-26-13-17(28-22-21(26)3-2-8-24-22)14-27-9-6-15(7-10-27)19-12-25-20-5-4-16(23)11-18(19)20/h2-6,8,11-12,17,25H,7,9-10,13-14H2,1H3. The highest BCUT2D eigenvalue weighted by Gasteiger charge is 2.27. The minimum absolute atomic E-state index is 0.101. The average Bonchev–Trinajstić information content (AvgIpc) is 3.12. The van der Waals surface area contributed by atoms with Crippen molar-refractivity contribution in [2.75, 3.05) is 38.1 Å². The van der Waals surface area contributed by atoms with Crippen molar-refractivity contribution in [3.63, 3.8) is 0 Å². The lowest BCUT2D eigenvalue weighted by atomic mass is 9.98. The van der Waals surface area contributed by atoms with Crippen molar-refractivity contribution in [2.24, 2.45) is 0 Å². The molecule has 2 aliphatic heterocycles. The lowest BCUT2D eigenvalue weighted by molar-refractivity contribution is 0.131. The van der Waals surface area contributed by atoms with E-state index in [-0.39, 0.29) is 11.9 Å².